The number of carbonyl (C=O) groups excluding carboxylic acids is 1. The highest BCUT2D eigenvalue weighted by molar-refractivity contribution is 5.96. The second-order valence-electron chi connectivity index (χ2n) is 5.58. The average molecular weight is 272 g/mol. The highest BCUT2D eigenvalue weighted by atomic mass is 16.5. The Kier molecular flexibility index (Phi) is 3.72. The molecule has 2 aliphatic rings. The van der Waals surface area contributed by atoms with Gasteiger partial charge in [-0.25, -0.2) is 5.43 Å². The smallest absolute Gasteiger partial charge is 0.271 e. The number of carbonyl (C=O) groups is 1. The zero-order chi connectivity index (χ0) is 13.9. The van der Waals surface area contributed by atoms with Crippen LogP contribution in [0.4, 0.5) is 0 Å². The fraction of sp³-hybridized carbons (Fsp3) is 0.500. The summed E-state index contributed by atoms with van der Waals surface area (Å²) >= 11 is 0. The molecule has 4 nitrogen and oxygen atoms in total. The summed E-state index contributed by atoms with van der Waals surface area (Å²) < 4.78 is 5.36. The number of hydrogen-bond acceptors (Lipinski definition) is 3. The molecule has 0 unspecified atom stereocenters. The molecule has 4 heteroatoms. The standard InChI is InChI=1S/C16H20N2O2/c1-2-20-14-7-5-12(6-8-14)16(19)18-17-15-10-11-3-4-13(15)9-11/h5-8,11,13H,2-4,9-10H2,1H3,(H,18,19)/b17-15+/t11-,13+/m1/s1. The molecule has 0 saturated heterocycles. The quantitative estimate of drug-likeness (QED) is 0.857. The Morgan fingerprint density at radius 2 is 2.15 bits per heavy atom. The molecule has 1 aromatic rings. The van der Waals surface area contributed by atoms with Crippen molar-refractivity contribution in [3.63, 3.8) is 0 Å². The summed E-state index contributed by atoms with van der Waals surface area (Å²) in [5.41, 5.74) is 4.48. The van der Waals surface area contributed by atoms with Gasteiger partial charge < -0.3 is 4.74 Å². The normalized spacial score (nSPS) is 25.9. The van der Waals surface area contributed by atoms with E-state index in [4.69, 9.17) is 4.74 Å². The molecule has 1 amide bonds. The Hall–Kier alpha value is -1.84. The summed E-state index contributed by atoms with van der Waals surface area (Å²) in [7, 11) is 0. The van der Waals surface area contributed by atoms with Gasteiger partial charge >= 0.3 is 0 Å². The fourth-order valence-electron chi connectivity index (χ4n) is 3.22. The van der Waals surface area contributed by atoms with Crippen LogP contribution < -0.4 is 10.2 Å². The van der Waals surface area contributed by atoms with Crippen LogP contribution in [0.3, 0.4) is 0 Å². The molecule has 2 atom stereocenters. The minimum absolute atomic E-state index is 0.150. The van der Waals surface area contributed by atoms with E-state index < -0.39 is 0 Å². The summed E-state index contributed by atoms with van der Waals surface area (Å²) in [6.07, 6.45) is 4.89. The van der Waals surface area contributed by atoms with Crippen molar-refractivity contribution in [1.82, 2.24) is 5.43 Å². The van der Waals surface area contributed by atoms with Crippen molar-refractivity contribution >= 4 is 11.6 Å². The van der Waals surface area contributed by atoms with E-state index in [0.717, 1.165) is 18.1 Å². The summed E-state index contributed by atoms with van der Waals surface area (Å²) in [6.45, 7) is 2.56. The Balaban J connectivity index is 1.60. The number of rotatable bonds is 4. The molecule has 0 spiro atoms. The number of ether oxygens (including phenoxy) is 1. The van der Waals surface area contributed by atoms with Gasteiger partial charge in [-0.15, -0.1) is 0 Å². The van der Waals surface area contributed by atoms with Gasteiger partial charge in [-0.3, -0.25) is 4.79 Å². The Bertz CT molecular complexity index is 522. The lowest BCUT2D eigenvalue weighted by Crippen LogP contribution is -2.21. The number of nitrogens with zero attached hydrogens (tertiary/aromatic N) is 1. The average Bonchev–Trinajstić information content (AvgIpc) is 3.08. The molecule has 0 aliphatic heterocycles. The molecule has 20 heavy (non-hydrogen) atoms. The molecule has 2 saturated carbocycles. The van der Waals surface area contributed by atoms with E-state index in [1.807, 2.05) is 19.1 Å². The molecule has 0 aromatic heterocycles. The zero-order valence-electron chi connectivity index (χ0n) is 11.8. The molecular weight excluding hydrogens is 252 g/mol. The number of hydrazone groups is 1. The molecule has 0 heterocycles. The van der Waals surface area contributed by atoms with Crippen molar-refractivity contribution in [2.24, 2.45) is 16.9 Å². The lowest BCUT2D eigenvalue weighted by atomic mass is 9.99. The van der Waals surface area contributed by atoms with Crippen molar-refractivity contribution in [2.75, 3.05) is 6.61 Å². The highest BCUT2D eigenvalue weighted by Gasteiger charge is 2.36. The third-order valence-electron chi connectivity index (χ3n) is 4.24. The molecule has 2 aliphatic carbocycles. The van der Waals surface area contributed by atoms with Crippen molar-refractivity contribution in [3.05, 3.63) is 29.8 Å². The Labute approximate surface area is 119 Å². The van der Waals surface area contributed by atoms with Crippen molar-refractivity contribution in [3.8, 4) is 5.75 Å². The van der Waals surface area contributed by atoms with E-state index in [1.165, 1.54) is 25.0 Å². The maximum absolute atomic E-state index is 12.0. The number of fused-ring (bicyclic) bond motifs is 2. The van der Waals surface area contributed by atoms with Crippen LogP contribution in [0, 0.1) is 11.8 Å². The molecule has 0 radical (unpaired) electrons. The number of hydrogen-bond donors (Lipinski definition) is 1. The third-order valence-corrected chi connectivity index (χ3v) is 4.24. The molecule has 1 N–H and O–H groups in total. The van der Waals surface area contributed by atoms with Crippen molar-refractivity contribution < 1.29 is 9.53 Å². The van der Waals surface area contributed by atoms with E-state index >= 15 is 0 Å². The predicted octanol–water partition coefficient (Wildman–Crippen LogP) is 2.99. The highest BCUT2D eigenvalue weighted by Crippen LogP contribution is 2.42. The minimum atomic E-state index is -0.150. The predicted molar refractivity (Wildman–Crippen MR) is 78.0 cm³/mol. The van der Waals surface area contributed by atoms with E-state index in [0.29, 0.717) is 18.1 Å². The van der Waals surface area contributed by atoms with Crippen LogP contribution in [0.1, 0.15) is 43.0 Å². The molecule has 3 rings (SSSR count). The number of nitrogens with one attached hydrogen (secondary N) is 1. The van der Waals surface area contributed by atoms with Gasteiger partial charge in [0.1, 0.15) is 5.75 Å². The van der Waals surface area contributed by atoms with E-state index in [-0.39, 0.29) is 5.91 Å². The molecular formula is C16H20N2O2. The summed E-state index contributed by atoms with van der Waals surface area (Å²) in [5, 5.41) is 4.33. The topological polar surface area (TPSA) is 50.7 Å². The van der Waals surface area contributed by atoms with E-state index in [2.05, 4.69) is 10.5 Å². The summed E-state index contributed by atoms with van der Waals surface area (Å²) in [4.78, 5) is 12.0. The first-order chi connectivity index (χ1) is 9.76. The monoisotopic (exact) mass is 272 g/mol. The molecule has 106 valence electrons. The lowest BCUT2D eigenvalue weighted by molar-refractivity contribution is 0.0954. The van der Waals surface area contributed by atoms with E-state index in [1.54, 1.807) is 12.1 Å². The molecule has 2 bridgehead atoms. The summed E-state index contributed by atoms with van der Waals surface area (Å²) in [6, 6.07) is 7.15. The van der Waals surface area contributed by atoms with Crippen LogP contribution in [0.15, 0.2) is 29.4 Å². The van der Waals surface area contributed by atoms with Gasteiger partial charge in [0.05, 0.1) is 6.61 Å². The second-order valence-corrected chi connectivity index (χ2v) is 5.58. The first-order valence-corrected chi connectivity index (χ1v) is 7.36. The van der Waals surface area contributed by atoms with Gasteiger partial charge in [0, 0.05) is 11.3 Å². The van der Waals surface area contributed by atoms with Crippen molar-refractivity contribution in [2.45, 2.75) is 32.6 Å². The zero-order valence-corrected chi connectivity index (χ0v) is 11.8. The maximum atomic E-state index is 12.0. The van der Waals surface area contributed by atoms with Crippen LogP contribution in [-0.2, 0) is 0 Å². The van der Waals surface area contributed by atoms with Gasteiger partial charge in [0.25, 0.3) is 5.91 Å². The molecule has 1 aromatic carbocycles. The van der Waals surface area contributed by atoms with Gasteiger partial charge in [0.15, 0.2) is 0 Å². The number of benzene rings is 1. The summed E-state index contributed by atoms with van der Waals surface area (Å²) in [5.74, 6) is 2.05. The fourth-order valence-corrected chi connectivity index (χ4v) is 3.22. The Morgan fingerprint density at radius 1 is 1.35 bits per heavy atom. The van der Waals surface area contributed by atoms with Gasteiger partial charge in [0.2, 0.25) is 0 Å². The first kappa shape index (κ1) is 13.2. The van der Waals surface area contributed by atoms with Crippen LogP contribution >= 0.6 is 0 Å². The van der Waals surface area contributed by atoms with Crippen LogP contribution in [0.25, 0.3) is 0 Å². The van der Waals surface area contributed by atoms with Crippen LogP contribution in [-0.4, -0.2) is 18.2 Å². The second kappa shape index (κ2) is 5.65. The maximum Gasteiger partial charge on any atom is 0.271 e. The molecule has 2 fully saturated rings. The number of amides is 1. The Morgan fingerprint density at radius 3 is 2.75 bits per heavy atom. The SMILES string of the molecule is CCOc1ccc(C(=O)N/N=C2\C[C@@H]3CC[C@H]2C3)cc1. The van der Waals surface area contributed by atoms with Crippen molar-refractivity contribution in [1.29, 1.82) is 0 Å². The van der Waals surface area contributed by atoms with Crippen LogP contribution in [0.5, 0.6) is 5.75 Å². The van der Waals surface area contributed by atoms with Crippen LogP contribution in [0.2, 0.25) is 0 Å². The van der Waals surface area contributed by atoms with E-state index in [9.17, 15) is 4.79 Å². The first-order valence-electron chi connectivity index (χ1n) is 7.36. The minimum Gasteiger partial charge on any atom is -0.494 e. The lowest BCUT2D eigenvalue weighted by Gasteiger charge is -2.11. The third kappa shape index (κ3) is 2.69. The van der Waals surface area contributed by atoms with Gasteiger partial charge in [-0.1, -0.05) is 0 Å². The largest absolute Gasteiger partial charge is 0.494 e. The van der Waals surface area contributed by atoms with Gasteiger partial charge in [-0.05, 0) is 68.7 Å². The van der Waals surface area contributed by atoms with Gasteiger partial charge in [-0.2, -0.15) is 5.10 Å².